The van der Waals surface area contributed by atoms with Gasteiger partial charge in [-0.25, -0.2) is 4.98 Å². The van der Waals surface area contributed by atoms with Crippen LogP contribution in [-0.4, -0.2) is 38.6 Å². The van der Waals surface area contributed by atoms with Crippen LogP contribution in [0.25, 0.3) is 0 Å². The Balaban J connectivity index is 1.96. The molecule has 5 nitrogen and oxygen atoms in total. The molecule has 0 spiro atoms. The van der Waals surface area contributed by atoms with Crippen molar-refractivity contribution in [3.8, 4) is 5.75 Å². The summed E-state index contributed by atoms with van der Waals surface area (Å²) in [6.07, 6.45) is 2.43. The number of amides is 1. The second kappa shape index (κ2) is 7.45. The van der Waals surface area contributed by atoms with E-state index in [1.165, 1.54) is 0 Å². The van der Waals surface area contributed by atoms with Gasteiger partial charge in [-0.1, -0.05) is 12.1 Å². The Morgan fingerprint density at radius 3 is 2.82 bits per heavy atom. The highest BCUT2D eigenvalue weighted by Gasteiger charge is 2.12. The van der Waals surface area contributed by atoms with Crippen molar-refractivity contribution in [3.05, 3.63) is 53.7 Å². The molecule has 0 saturated carbocycles. The van der Waals surface area contributed by atoms with E-state index in [4.69, 9.17) is 4.74 Å². The number of rotatable bonds is 6. The number of aromatic nitrogens is 1. The number of carbonyl (C=O) groups is 1. The number of ether oxygens (including phenoxy) is 1. The molecule has 1 aromatic carbocycles. The van der Waals surface area contributed by atoms with Gasteiger partial charge < -0.3 is 15.0 Å². The number of hydrogen-bond donors (Lipinski definition) is 1. The van der Waals surface area contributed by atoms with Crippen molar-refractivity contribution in [2.75, 3.05) is 32.6 Å². The van der Waals surface area contributed by atoms with Gasteiger partial charge in [0.05, 0.1) is 12.7 Å². The van der Waals surface area contributed by atoms with Gasteiger partial charge in [0, 0.05) is 26.8 Å². The molecule has 1 aromatic heterocycles. The molecular formula is C17H21N3O2. The Labute approximate surface area is 130 Å². The monoisotopic (exact) mass is 299 g/mol. The predicted molar refractivity (Wildman–Crippen MR) is 87.6 cm³/mol. The number of hydrogen-bond acceptors (Lipinski definition) is 4. The van der Waals surface area contributed by atoms with E-state index in [1.54, 1.807) is 25.4 Å². The number of methoxy groups -OCH3 is 1. The summed E-state index contributed by atoms with van der Waals surface area (Å²) in [7, 11) is 5.39. The quantitative estimate of drug-likeness (QED) is 0.888. The highest BCUT2D eigenvalue weighted by atomic mass is 16.5. The molecule has 0 radical (unpaired) electrons. The fourth-order valence-electron chi connectivity index (χ4n) is 2.17. The number of nitrogens with one attached hydrogen (secondary N) is 1. The standard InChI is InChI=1S/C17H21N3O2/c1-20(2)16-15(8-5-10-18-16)17(21)19-11-9-13-6-4-7-14(12-13)22-3/h4-8,10,12H,9,11H2,1-3H3,(H,19,21). The Morgan fingerprint density at radius 2 is 2.09 bits per heavy atom. The lowest BCUT2D eigenvalue weighted by atomic mass is 10.1. The number of nitrogens with zero attached hydrogens (tertiary/aromatic N) is 2. The Kier molecular flexibility index (Phi) is 5.36. The summed E-state index contributed by atoms with van der Waals surface area (Å²) in [6.45, 7) is 0.563. The fourth-order valence-corrected chi connectivity index (χ4v) is 2.17. The number of anilines is 1. The van der Waals surface area contributed by atoms with Crippen LogP contribution in [0.5, 0.6) is 5.75 Å². The smallest absolute Gasteiger partial charge is 0.255 e. The van der Waals surface area contributed by atoms with Gasteiger partial charge in [0.2, 0.25) is 0 Å². The molecule has 0 aliphatic heterocycles. The van der Waals surface area contributed by atoms with Gasteiger partial charge in [-0.15, -0.1) is 0 Å². The second-order valence-corrected chi connectivity index (χ2v) is 5.13. The molecular weight excluding hydrogens is 278 g/mol. The first-order chi connectivity index (χ1) is 10.6. The maximum absolute atomic E-state index is 12.3. The van der Waals surface area contributed by atoms with Crippen LogP contribution in [0.4, 0.5) is 5.82 Å². The average molecular weight is 299 g/mol. The van der Waals surface area contributed by atoms with Crippen LogP contribution in [0.2, 0.25) is 0 Å². The van der Waals surface area contributed by atoms with Gasteiger partial charge in [-0.05, 0) is 36.2 Å². The lowest BCUT2D eigenvalue weighted by Crippen LogP contribution is -2.28. The van der Waals surface area contributed by atoms with Gasteiger partial charge >= 0.3 is 0 Å². The summed E-state index contributed by atoms with van der Waals surface area (Å²) in [5, 5.41) is 2.93. The topological polar surface area (TPSA) is 54.5 Å². The Morgan fingerprint density at radius 1 is 1.27 bits per heavy atom. The summed E-state index contributed by atoms with van der Waals surface area (Å²) >= 11 is 0. The molecule has 1 heterocycles. The van der Waals surface area contributed by atoms with Gasteiger partial charge in [-0.3, -0.25) is 4.79 Å². The molecule has 1 amide bonds. The maximum Gasteiger partial charge on any atom is 0.255 e. The van der Waals surface area contributed by atoms with Crippen LogP contribution >= 0.6 is 0 Å². The van der Waals surface area contributed by atoms with Gasteiger partial charge in [0.15, 0.2) is 0 Å². The minimum absolute atomic E-state index is 0.111. The second-order valence-electron chi connectivity index (χ2n) is 5.13. The molecule has 116 valence electrons. The normalized spacial score (nSPS) is 10.1. The minimum Gasteiger partial charge on any atom is -0.497 e. The zero-order valence-electron chi connectivity index (χ0n) is 13.2. The Hall–Kier alpha value is -2.56. The first-order valence-corrected chi connectivity index (χ1v) is 7.15. The molecule has 0 bridgehead atoms. The minimum atomic E-state index is -0.111. The summed E-state index contributed by atoms with van der Waals surface area (Å²) in [5.41, 5.74) is 1.71. The van der Waals surface area contributed by atoms with E-state index in [2.05, 4.69) is 10.3 Å². The number of pyridine rings is 1. The predicted octanol–water partition coefficient (Wildman–Crippen LogP) is 2.13. The van der Waals surface area contributed by atoms with Crippen molar-refractivity contribution in [1.29, 1.82) is 0 Å². The van der Waals surface area contributed by atoms with Crippen LogP contribution in [0.15, 0.2) is 42.6 Å². The van der Waals surface area contributed by atoms with Crippen LogP contribution in [-0.2, 0) is 6.42 Å². The van der Waals surface area contributed by atoms with Crippen molar-refractivity contribution in [1.82, 2.24) is 10.3 Å². The first-order valence-electron chi connectivity index (χ1n) is 7.15. The highest BCUT2D eigenvalue weighted by molar-refractivity contribution is 5.98. The third kappa shape index (κ3) is 3.97. The van der Waals surface area contributed by atoms with Crippen molar-refractivity contribution in [2.24, 2.45) is 0 Å². The maximum atomic E-state index is 12.3. The molecule has 22 heavy (non-hydrogen) atoms. The SMILES string of the molecule is COc1cccc(CCNC(=O)c2cccnc2N(C)C)c1. The molecule has 0 atom stereocenters. The van der Waals surface area contributed by atoms with Crippen molar-refractivity contribution in [3.63, 3.8) is 0 Å². The zero-order chi connectivity index (χ0) is 15.9. The fraction of sp³-hybridized carbons (Fsp3) is 0.294. The zero-order valence-corrected chi connectivity index (χ0v) is 13.2. The Bertz CT molecular complexity index is 641. The van der Waals surface area contributed by atoms with E-state index in [-0.39, 0.29) is 5.91 Å². The molecule has 0 unspecified atom stereocenters. The van der Waals surface area contributed by atoms with Gasteiger partial charge in [0.25, 0.3) is 5.91 Å². The van der Waals surface area contributed by atoms with Gasteiger partial charge in [0.1, 0.15) is 11.6 Å². The average Bonchev–Trinajstić information content (AvgIpc) is 2.55. The van der Waals surface area contributed by atoms with Crippen molar-refractivity contribution < 1.29 is 9.53 Å². The molecule has 2 aromatic rings. The summed E-state index contributed by atoms with van der Waals surface area (Å²) < 4.78 is 5.19. The summed E-state index contributed by atoms with van der Waals surface area (Å²) in [4.78, 5) is 18.3. The highest BCUT2D eigenvalue weighted by Crippen LogP contribution is 2.15. The van der Waals surface area contributed by atoms with Crippen molar-refractivity contribution >= 4 is 11.7 Å². The first kappa shape index (κ1) is 15.8. The summed E-state index contributed by atoms with van der Waals surface area (Å²) in [6, 6.07) is 11.4. The molecule has 0 saturated heterocycles. The van der Waals surface area contributed by atoms with E-state index < -0.39 is 0 Å². The molecule has 0 fully saturated rings. The van der Waals surface area contributed by atoms with Gasteiger partial charge in [-0.2, -0.15) is 0 Å². The van der Waals surface area contributed by atoms with E-state index in [1.807, 2.05) is 43.3 Å². The number of benzene rings is 1. The van der Waals surface area contributed by atoms with Crippen LogP contribution in [0.1, 0.15) is 15.9 Å². The molecule has 2 rings (SSSR count). The van der Waals surface area contributed by atoms with Crippen LogP contribution < -0.4 is 15.0 Å². The lowest BCUT2D eigenvalue weighted by Gasteiger charge is -2.15. The summed E-state index contributed by atoms with van der Waals surface area (Å²) in [5.74, 6) is 1.38. The van der Waals surface area contributed by atoms with E-state index >= 15 is 0 Å². The third-order valence-electron chi connectivity index (χ3n) is 3.29. The third-order valence-corrected chi connectivity index (χ3v) is 3.29. The molecule has 1 N–H and O–H groups in total. The van der Waals surface area contributed by atoms with E-state index in [0.29, 0.717) is 17.9 Å². The largest absolute Gasteiger partial charge is 0.497 e. The van der Waals surface area contributed by atoms with Crippen LogP contribution in [0, 0.1) is 0 Å². The molecule has 0 aliphatic rings. The van der Waals surface area contributed by atoms with E-state index in [9.17, 15) is 4.79 Å². The van der Waals surface area contributed by atoms with E-state index in [0.717, 1.165) is 17.7 Å². The van der Waals surface area contributed by atoms with Crippen LogP contribution in [0.3, 0.4) is 0 Å². The molecule has 5 heteroatoms. The number of carbonyl (C=O) groups excluding carboxylic acids is 1. The molecule has 0 aliphatic carbocycles. The lowest BCUT2D eigenvalue weighted by molar-refractivity contribution is 0.0954. The van der Waals surface area contributed by atoms with Crippen molar-refractivity contribution in [2.45, 2.75) is 6.42 Å².